The number of hydrogen-bond acceptors (Lipinski definition) is 6. The molecule has 1 aromatic carbocycles. The number of ether oxygens (including phenoxy) is 1. The van der Waals surface area contributed by atoms with E-state index in [0.29, 0.717) is 48.1 Å². The molecule has 0 spiro atoms. The maximum absolute atomic E-state index is 15.6. The summed E-state index contributed by atoms with van der Waals surface area (Å²) in [6.45, 7) is 2.33. The Morgan fingerprint density at radius 2 is 2.15 bits per heavy atom. The molecule has 1 N–H and O–H groups in total. The van der Waals surface area contributed by atoms with Crippen LogP contribution in [-0.2, 0) is 11.2 Å². The number of pyridine rings is 1. The van der Waals surface area contributed by atoms with Gasteiger partial charge in [-0.3, -0.25) is 9.78 Å². The van der Waals surface area contributed by atoms with E-state index in [9.17, 15) is 9.90 Å². The number of thiazole rings is 1. The lowest BCUT2D eigenvalue weighted by Crippen LogP contribution is -2.44. The summed E-state index contributed by atoms with van der Waals surface area (Å²) in [4.78, 5) is 23.2. The zero-order valence-electron chi connectivity index (χ0n) is 19.2. The van der Waals surface area contributed by atoms with Crippen LogP contribution in [0.1, 0.15) is 48.8 Å². The van der Waals surface area contributed by atoms with Crippen LogP contribution in [0.2, 0.25) is 5.02 Å². The normalized spacial score (nSPS) is 17.0. The molecule has 3 aromatic rings. The first kappa shape index (κ1) is 24.8. The third-order valence-electron chi connectivity index (χ3n) is 6.87. The molecule has 1 unspecified atom stereocenters. The van der Waals surface area contributed by atoms with E-state index < -0.39 is 17.6 Å². The SMILES string of the molecule is COc1ccc2ncc(Cl)c(C(F)CCC3(C(=O)O)CCN(CCCc4nccs4)CC3)c2c1. The molecule has 1 atom stereocenters. The van der Waals surface area contributed by atoms with E-state index in [1.165, 1.54) is 6.20 Å². The van der Waals surface area contributed by atoms with E-state index in [-0.39, 0.29) is 17.9 Å². The topological polar surface area (TPSA) is 75.6 Å². The summed E-state index contributed by atoms with van der Waals surface area (Å²) in [5.41, 5.74) is 0.0657. The number of carbonyl (C=O) groups is 1. The van der Waals surface area contributed by atoms with Crippen molar-refractivity contribution in [1.82, 2.24) is 14.9 Å². The molecule has 182 valence electrons. The predicted molar refractivity (Wildman–Crippen MR) is 133 cm³/mol. The van der Waals surface area contributed by atoms with Gasteiger partial charge in [-0.2, -0.15) is 0 Å². The Hall–Kier alpha value is -2.29. The number of halogens is 2. The maximum atomic E-state index is 15.6. The molecule has 0 saturated carbocycles. The zero-order valence-corrected chi connectivity index (χ0v) is 20.7. The summed E-state index contributed by atoms with van der Waals surface area (Å²) in [6.07, 6.45) is 5.21. The standard InChI is InChI=1S/C25H29ClFN3O3S/c1-33-17-4-5-21-18(15-17)23(19(26)16-29-21)20(27)6-7-25(24(31)32)8-12-30(13-9-25)11-2-3-22-28-10-14-34-22/h4-5,10,14-16,20H,2-3,6-9,11-13H2,1H3,(H,31,32). The average molecular weight is 506 g/mol. The van der Waals surface area contributed by atoms with Crippen LogP contribution in [0.3, 0.4) is 0 Å². The molecule has 0 amide bonds. The lowest BCUT2D eigenvalue weighted by Gasteiger charge is -2.39. The van der Waals surface area contributed by atoms with Gasteiger partial charge in [-0.25, -0.2) is 9.37 Å². The van der Waals surface area contributed by atoms with Crippen LogP contribution in [0.4, 0.5) is 4.39 Å². The van der Waals surface area contributed by atoms with Crippen molar-refractivity contribution in [2.24, 2.45) is 5.41 Å². The highest BCUT2D eigenvalue weighted by Gasteiger charge is 2.41. The number of hydrogen-bond donors (Lipinski definition) is 1. The van der Waals surface area contributed by atoms with Gasteiger partial charge in [-0.1, -0.05) is 11.6 Å². The average Bonchev–Trinajstić information content (AvgIpc) is 3.36. The van der Waals surface area contributed by atoms with Gasteiger partial charge in [0.1, 0.15) is 11.9 Å². The number of rotatable bonds is 10. The quantitative estimate of drug-likeness (QED) is 0.367. The van der Waals surface area contributed by atoms with Crippen molar-refractivity contribution >= 4 is 39.8 Å². The molecule has 2 aromatic heterocycles. The van der Waals surface area contributed by atoms with E-state index in [0.717, 1.165) is 24.4 Å². The van der Waals surface area contributed by atoms with Crippen molar-refractivity contribution in [1.29, 1.82) is 0 Å². The second-order valence-corrected chi connectivity index (χ2v) is 10.3. The van der Waals surface area contributed by atoms with E-state index in [1.807, 2.05) is 11.6 Å². The number of fused-ring (bicyclic) bond motifs is 1. The minimum atomic E-state index is -1.39. The first-order chi connectivity index (χ1) is 16.4. The second-order valence-electron chi connectivity index (χ2n) is 8.87. The molecule has 4 rings (SSSR count). The summed E-state index contributed by atoms with van der Waals surface area (Å²) < 4.78 is 20.8. The lowest BCUT2D eigenvalue weighted by atomic mass is 9.74. The number of aromatic nitrogens is 2. The van der Waals surface area contributed by atoms with Gasteiger partial charge >= 0.3 is 5.97 Å². The lowest BCUT2D eigenvalue weighted by molar-refractivity contribution is -0.153. The highest BCUT2D eigenvalue weighted by atomic mass is 35.5. The Bertz CT molecular complexity index is 1120. The van der Waals surface area contributed by atoms with Crippen molar-refractivity contribution in [3.8, 4) is 5.75 Å². The summed E-state index contributed by atoms with van der Waals surface area (Å²) in [5, 5.41) is 14.0. The minimum absolute atomic E-state index is 0.0897. The first-order valence-electron chi connectivity index (χ1n) is 11.5. The molecule has 1 aliphatic heterocycles. The number of aliphatic carboxylic acids is 1. The zero-order chi connectivity index (χ0) is 24.1. The Labute approximate surface area is 207 Å². The van der Waals surface area contributed by atoms with Gasteiger partial charge in [0.25, 0.3) is 0 Å². The molecule has 0 radical (unpaired) electrons. The van der Waals surface area contributed by atoms with E-state index in [4.69, 9.17) is 16.3 Å². The molecule has 1 aliphatic rings. The molecule has 1 saturated heterocycles. The van der Waals surface area contributed by atoms with Crippen LogP contribution >= 0.6 is 22.9 Å². The fraction of sp³-hybridized carbons (Fsp3) is 0.480. The Kier molecular flexibility index (Phi) is 8.01. The summed E-state index contributed by atoms with van der Waals surface area (Å²) >= 11 is 8.01. The van der Waals surface area contributed by atoms with Crippen molar-refractivity contribution in [3.63, 3.8) is 0 Å². The van der Waals surface area contributed by atoms with Crippen LogP contribution in [-0.4, -0.2) is 52.7 Å². The van der Waals surface area contributed by atoms with Gasteiger partial charge in [0.15, 0.2) is 0 Å². The number of alkyl halides is 1. The Morgan fingerprint density at radius 1 is 1.35 bits per heavy atom. The molecular weight excluding hydrogens is 477 g/mol. The monoisotopic (exact) mass is 505 g/mol. The number of carboxylic acid groups (broad SMARTS) is 1. The molecule has 34 heavy (non-hydrogen) atoms. The largest absolute Gasteiger partial charge is 0.497 e. The van der Waals surface area contributed by atoms with Gasteiger partial charge in [0.05, 0.1) is 28.1 Å². The molecule has 0 aliphatic carbocycles. The number of carboxylic acids is 1. The number of methoxy groups -OCH3 is 1. The molecule has 0 bridgehead atoms. The number of nitrogens with zero attached hydrogens (tertiary/aromatic N) is 3. The molecule has 1 fully saturated rings. The van der Waals surface area contributed by atoms with Crippen LogP contribution in [0, 0.1) is 5.41 Å². The van der Waals surface area contributed by atoms with Crippen LogP contribution in [0.25, 0.3) is 10.9 Å². The highest BCUT2D eigenvalue weighted by Crippen LogP contribution is 2.42. The number of piperidine rings is 1. The highest BCUT2D eigenvalue weighted by molar-refractivity contribution is 7.09. The number of benzene rings is 1. The van der Waals surface area contributed by atoms with Crippen LogP contribution in [0.15, 0.2) is 36.0 Å². The molecular formula is C25H29ClFN3O3S. The third kappa shape index (κ3) is 5.50. The number of aryl methyl sites for hydroxylation is 1. The Balaban J connectivity index is 1.39. The third-order valence-corrected chi connectivity index (χ3v) is 8.01. The summed E-state index contributed by atoms with van der Waals surface area (Å²) in [5.74, 6) is -0.247. The van der Waals surface area contributed by atoms with Crippen molar-refractivity contribution in [2.45, 2.75) is 44.7 Å². The minimum Gasteiger partial charge on any atom is -0.497 e. The molecule has 6 nitrogen and oxygen atoms in total. The number of likely N-dealkylation sites (tertiary alicyclic amines) is 1. The van der Waals surface area contributed by atoms with E-state index >= 15 is 4.39 Å². The smallest absolute Gasteiger partial charge is 0.309 e. The second kappa shape index (κ2) is 11.0. The molecule has 3 heterocycles. The van der Waals surface area contributed by atoms with Gasteiger partial charge in [0, 0.05) is 35.1 Å². The van der Waals surface area contributed by atoms with Gasteiger partial charge in [-0.15, -0.1) is 11.3 Å². The van der Waals surface area contributed by atoms with E-state index in [1.54, 1.807) is 36.6 Å². The fourth-order valence-corrected chi connectivity index (χ4v) is 5.70. The van der Waals surface area contributed by atoms with Gasteiger partial charge in [0.2, 0.25) is 0 Å². The van der Waals surface area contributed by atoms with Crippen molar-refractivity contribution < 1.29 is 19.0 Å². The predicted octanol–water partition coefficient (Wildman–Crippen LogP) is 5.94. The summed E-state index contributed by atoms with van der Waals surface area (Å²) in [6, 6.07) is 5.27. The van der Waals surface area contributed by atoms with Crippen molar-refractivity contribution in [2.75, 3.05) is 26.7 Å². The van der Waals surface area contributed by atoms with Gasteiger partial charge in [-0.05, 0) is 69.9 Å². The summed E-state index contributed by atoms with van der Waals surface area (Å²) in [7, 11) is 1.55. The Morgan fingerprint density at radius 3 is 2.82 bits per heavy atom. The van der Waals surface area contributed by atoms with Crippen LogP contribution in [0.5, 0.6) is 5.75 Å². The van der Waals surface area contributed by atoms with Gasteiger partial charge < -0.3 is 14.7 Å². The van der Waals surface area contributed by atoms with Crippen molar-refractivity contribution in [3.05, 3.63) is 51.6 Å². The van der Waals surface area contributed by atoms with Crippen LogP contribution < -0.4 is 4.74 Å². The van der Waals surface area contributed by atoms with E-state index in [2.05, 4.69) is 14.9 Å². The fourth-order valence-electron chi connectivity index (χ4n) is 4.77. The molecule has 9 heteroatoms. The maximum Gasteiger partial charge on any atom is 0.309 e. The first-order valence-corrected chi connectivity index (χ1v) is 12.8.